The van der Waals surface area contributed by atoms with Crippen molar-refractivity contribution in [2.45, 2.75) is 25.8 Å². The van der Waals surface area contributed by atoms with Crippen molar-refractivity contribution in [3.63, 3.8) is 0 Å². The van der Waals surface area contributed by atoms with Crippen LogP contribution in [0.25, 0.3) is 0 Å². The summed E-state index contributed by atoms with van der Waals surface area (Å²) < 4.78 is 0. The summed E-state index contributed by atoms with van der Waals surface area (Å²) in [4.78, 5) is 19.6. The van der Waals surface area contributed by atoms with Crippen molar-refractivity contribution in [2.75, 3.05) is 18.0 Å². The highest BCUT2D eigenvalue weighted by Gasteiger charge is 2.16. The maximum absolute atomic E-state index is 12.0. The number of anilines is 1. The minimum Gasteiger partial charge on any atom is -0.356 e. The average Bonchev–Trinajstić information content (AvgIpc) is 3.08. The van der Waals surface area contributed by atoms with Crippen LogP contribution in [-0.2, 0) is 6.54 Å². The molecule has 3 rings (SSSR count). The Bertz CT molecular complexity index is 591. The number of nitrogens with zero attached hydrogens (tertiary/aromatic N) is 2. The molecule has 0 unspecified atom stereocenters. The Hall–Kier alpha value is -1.88. The summed E-state index contributed by atoms with van der Waals surface area (Å²) in [6.45, 7) is 2.64. The van der Waals surface area contributed by atoms with Crippen LogP contribution in [0.1, 0.15) is 34.5 Å². The van der Waals surface area contributed by atoms with Gasteiger partial charge in [0, 0.05) is 31.4 Å². The molecule has 1 amide bonds. The zero-order valence-electron chi connectivity index (χ0n) is 11.9. The lowest BCUT2D eigenvalue weighted by Crippen LogP contribution is -2.32. The Balaban J connectivity index is 1.69. The fourth-order valence-electron chi connectivity index (χ4n) is 2.63. The number of thiophene rings is 1. The van der Waals surface area contributed by atoms with Gasteiger partial charge in [-0.05, 0) is 36.8 Å². The van der Waals surface area contributed by atoms with Gasteiger partial charge in [-0.15, -0.1) is 11.3 Å². The van der Waals surface area contributed by atoms with Crippen LogP contribution < -0.4 is 10.2 Å². The Labute approximate surface area is 128 Å². The molecule has 0 aliphatic carbocycles. The second kappa shape index (κ2) is 6.72. The van der Waals surface area contributed by atoms with E-state index < -0.39 is 0 Å². The van der Waals surface area contributed by atoms with Gasteiger partial charge in [-0.3, -0.25) is 4.79 Å². The number of hydrogen-bond acceptors (Lipinski definition) is 4. The second-order valence-electron chi connectivity index (χ2n) is 5.19. The van der Waals surface area contributed by atoms with Gasteiger partial charge >= 0.3 is 0 Å². The van der Waals surface area contributed by atoms with Gasteiger partial charge in [0.2, 0.25) is 0 Å². The van der Waals surface area contributed by atoms with E-state index in [-0.39, 0.29) is 5.91 Å². The van der Waals surface area contributed by atoms with E-state index >= 15 is 0 Å². The topological polar surface area (TPSA) is 45.2 Å². The van der Waals surface area contributed by atoms with Crippen LogP contribution in [0.4, 0.5) is 5.82 Å². The maximum atomic E-state index is 12.0. The molecule has 110 valence electrons. The first kappa shape index (κ1) is 14.1. The second-order valence-corrected chi connectivity index (χ2v) is 6.14. The third-order valence-corrected chi connectivity index (χ3v) is 4.58. The first-order valence-electron chi connectivity index (χ1n) is 7.35. The molecule has 0 radical (unpaired) electrons. The Morgan fingerprint density at radius 1 is 1.24 bits per heavy atom. The molecule has 21 heavy (non-hydrogen) atoms. The smallest absolute Gasteiger partial charge is 0.261 e. The van der Waals surface area contributed by atoms with E-state index in [1.165, 1.54) is 30.6 Å². The van der Waals surface area contributed by atoms with E-state index in [1.54, 1.807) is 0 Å². The van der Waals surface area contributed by atoms with Gasteiger partial charge in [0.25, 0.3) is 5.91 Å². The minimum absolute atomic E-state index is 0.0153. The predicted octanol–water partition coefficient (Wildman–Crippen LogP) is 3.06. The van der Waals surface area contributed by atoms with E-state index in [4.69, 9.17) is 0 Å². The summed E-state index contributed by atoms with van der Waals surface area (Å²) in [6, 6.07) is 7.71. The number of hydrogen-bond donors (Lipinski definition) is 1. The molecule has 1 fully saturated rings. The van der Waals surface area contributed by atoms with Crippen LogP contribution in [0.5, 0.6) is 0 Å². The molecule has 1 aliphatic rings. The standard InChI is InChI=1S/C16H19N3OS/c20-16(14-7-5-11-21-14)18-12-13-6-4-8-17-15(13)19-9-2-1-3-10-19/h4-8,11H,1-3,9-10,12H2,(H,18,20). The van der Waals surface area contributed by atoms with E-state index in [2.05, 4.69) is 15.2 Å². The van der Waals surface area contributed by atoms with Gasteiger partial charge in [-0.1, -0.05) is 12.1 Å². The van der Waals surface area contributed by atoms with Gasteiger partial charge in [-0.25, -0.2) is 4.98 Å². The van der Waals surface area contributed by atoms with Crippen molar-refractivity contribution >= 4 is 23.1 Å². The lowest BCUT2D eigenvalue weighted by atomic mass is 10.1. The Morgan fingerprint density at radius 2 is 2.10 bits per heavy atom. The lowest BCUT2D eigenvalue weighted by Gasteiger charge is -2.29. The van der Waals surface area contributed by atoms with Gasteiger partial charge in [0.1, 0.15) is 5.82 Å². The molecule has 0 bridgehead atoms. The SMILES string of the molecule is O=C(NCc1cccnc1N1CCCCC1)c1cccs1. The highest BCUT2D eigenvalue weighted by Crippen LogP contribution is 2.21. The largest absolute Gasteiger partial charge is 0.356 e. The molecule has 0 aromatic carbocycles. The Morgan fingerprint density at radius 3 is 2.86 bits per heavy atom. The quantitative estimate of drug-likeness (QED) is 0.944. The number of amides is 1. The molecule has 4 nitrogen and oxygen atoms in total. The number of aromatic nitrogens is 1. The van der Waals surface area contributed by atoms with Crippen LogP contribution in [0.3, 0.4) is 0 Å². The lowest BCUT2D eigenvalue weighted by molar-refractivity contribution is 0.0955. The summed E-state index contributed by atoms with van der Waals surface area (Å²) in [5.74, 6) is 1.00. The zero-order valence-corrected chi connectivity index (χ0v) is 12.7. The summed E-state index contributed by atoms with van der Waals surface area (Å²) in [5, 5.41) is 4.90. The van der Waals surface area contributed by atoms with Gasteiger partial charge in [0.05, 0.1) is 4.88 Å². The summed E-state index contributed by atoms with van der Waals surface area (Å²) in [6.07, 6.45) is 5.57. The van der Waals surface area contributed by atoms with E-state index in [1.807, 2.05) is 35.8 Å². The summed E-state index contributed by atoms with van der Waals surface area (Å²) in [5.41, 5.74) is 1.09. The monoisotopic (exact) mass is 301 g/mol. The molecule has 5 heteroatoms. The molecule has 2 aromatic heterocycles. The molecular formula is C16H19N3OS. The summed E-state index contributed by atoms with van der Waals surface area (Å²) >= 11 is 1.46. The zero-order chi connectivity index (χ0) is 14.5. The number of nitrogens with one attached hydrogen (secondary N) is 1. The third kappa shape index (κ3) is 3.42. The molecule has 1 N–H and O–H groups in total. The maximum Gasteiger partial charge on any atom is 0.261 e. The molecule has 0 spiro atoms. The summed E-state index contributed by atoms with van der Waals surface area (Å²) in [7, 11) is 0. The normalized spacial score (nSPS) is 15.0. The molecular weight excluding hydrogens is 282 g/mol. The van der Waals surface area contributed by atoms with Gasteiger partial charge in [-0.2, -0.15) is 0 Å². The van der Waals surface area contributed by atoms with Crippen molar-refractivity contribution in [1.29, 1.82) is 0 Å². The highest BCUT2D eigenvalue weighted by atomic mass is 32.1. The van der Waals surface area contributed by atoms with Crippen molar-refractivity contribution < 1.29 is 4.79 Å². The number of pyridine rings is 1. The Kier molecular flexibility index (Phi) is 4.50. The third-order valence-electron chi connectivity index (χ3n) is 3.71. The van der Waals surface area contributed by atoms with Crippen molar-refractivity contribution in [3.05, 3.63) is 46.3 Å². The fourth-order valence-corrected chi connectivity index (χ4v) is 3.27. The van der Waals surface area contributed by atoms with Crippen molar-refractivity contribution in [3.8, 4) is 0 Å². The highest BCUT2D eigenvalue weighted by molar-refractivity contribution is 7.12. The van der Waals surface area contributed by atoms with Crippen molar-refractivity contribution in [2.24, 2.45) is 0 Å². The molecule has 1 aliphatic heterocycles. The van der Waals surface area contributed by atoms with E-state index in [0.717, 1.165) is 29.3 Å². The number of piperidine rings is 1. The van der Waals surface area contributed by atoms with Crippen LogP contribution in [-0.4, -0.2) is 24.0 Å². The van der Waals surface area contributed by atoms with Gasteiger partial charge < -0.3 is 10.2 Å². The van der Waals surface area contributed by atoms with Crippen LogP contribution in [0.2, 0.25) is 0 Å². The molecule has 0 saturated carbocycles. The number of carbonyl (C=O) groups is 1. The van der Waals surface area contributed by atoms with Crippen LogP contribution in [0, 0.1) is 0 Å². The number of carbonyl (C=O) groups excluding carboxylic acids is 1. The first-order valence-corrected chi connectivity index (χ1v) is 8.23. The van der Waals surface area contributed by atoms with E-state index in [0.29, 0.717) is 6.54 Å². The van der Waals surface area contributed by atoms with Gasteiger partial charge in [0.15, 0.2) is 0 Å². The fraction of sp³-hybridized carbons (Fsp3) is 0.375. The van der Waals surface area contributed by atoms with Crippen LogP contribution >= 0.6 is 11.3 Å². The molecule has 0 atom stereocenters. The average molecular weight is 301 g/mol. The number of rotatable bonds is 4. The van der Waals surface area contributed by atoms with Crippen LogP contribution in [0.15, 0.2) is 35.8 Å². The van der Waals surface area contributed by atoms with Crippen molar-refractivity contribution in [1.82, 2.24) is 10.3 Å². The van der Waals surface area contributed by atoms with E-state index in [9.17, 15) is 4.79 Å². The predicted molar refractivity (Wildman–Crippen MR) is 85.8 cm³/mol. The molecule has 3 heterocycles. The molecule has 2 aromatic rings. The molecule has 1 saturated heterocycles. The minimum atomic E-state index is -0.0153. The first-order chi connectivity index (χ1) is 10.3.